The smallest absolute Gasteiger partial charge is 0.309 e. The summed E-state index contributed by atoms with van der Waals surface area (Å²) in [5, 5.41) is 17.5. The molecule has 2 heterocycles. The molecule has 0 radical (unpaired) electrons. The molecular formula is C17H16N4O4. The van der Waals surface area contributed by atoms with Gasteiger partial charge in [0.25, 0.3) is 0 Å². The number of carboxylic acids is 1. The number of fused-ring (bicyclic) bond motifs is 1. The monoisotopic (exact) mass is 340 g/mol. The van der Waals surface area contributed by atoms with E-state index in [2.05, 4.69) is 15.2 Å². The number of rotatable bonds is 6. The van der Waals surface area contributed by atoms with E-state index in [4.69, 9.17) is 14.6 Å². The first kappa shape index (κ1) is 16.4. The van der Waals surface area contributed by atoms with Crippen molar-refractivity contribution in [3.63, 3.8) is 0 Å². The van der Waals surface area contributed by atoms with E-state index in [9.17, 15) is 4.79 Å². The molecule has 0 aliphatic rings. The minimum atomic E-state index is -0.981. The second-order valence-corrected chi connectivity index (χ2v) is 5.12. The Morgan fingerprint density at radius 3 is 2.68 bits per heavy atom. The van der Waals surface area contributed by atoms with Gasteiger partial charge in [-0.15, -0.1) is 10.2 Å². The minimum absolute atomic E-state index is 0.234. The highest BCUT2D eigenvalue weighted by molar-refractivity contribution is 5.72. The summed E-state index contributed by atoms with van der Waals surface area (Å²) in [4.78, 5) is 15.4. The quantitative estimate of drug-likeness (QED) is 0.694. The summed E-state index contributed by atoms with van der Waals surface area (Å²) < 4.78 is 12.1. The van der Waals surface area contributed by atoms with Crippen LogP contribution >= 0.6 is 0 Å². The SMILES string of the molecule is COc1ccc(N=Nc2c(CC(=O)O)nc3ccccn23)cc1OC. The van der Waals surface area contributed by atoms with Crippen molar-refractivity contribution >= 4 is 23.1 Å². The fourth-order valence-corrected chi connectivity index (χ4v) is 2.39. The molecule has 0 aliphatic heterocycles. The normalized spacial score (nSPS) is 11.1. The fraction of sp³-hybridized carbons (Fsp3) is 0.176. The fourth-order valence-electron chi connectivity index (χ4n) is 2.39. The summed E-state index contributed by atoms with van der Waals surface area (Å²) in [6.45, 7) is 0. The van der Waals surface area contributed by atoms with E-state index < -0.39 is 5.97 Å². The number of aromatic nitrogens is 2. The molecule has 0 unspecified atom stereocenters. The lowest BCUT2D eigenvalue weighted by Gasteiger charge is -2.06. The third-order valence-corrected chi connectivity index (χ3v) is 3.52. The molecule has 2 aromatic heterocycles. The van der Waals surface area contributed by atoms with E-state index in [0.29, 0.717) is 34.3 Å². The molecule has 1 N–H and O–H groups in total. The first-order valence-electron chi connectivity index (χ1n) is 7.44. The van der Waals surface area contributed by atoms with Crippen LogP contribution in [0.2, 0.25) is 0 Å². The van der Waals surface area contributed by atoms with Gasteiger partial charge in [-0.05, 0) is 24.3 Å². The first-order valence-corrected chi connectivity index (χ1v) is 7.44. The van der Waals surface area contributed by atoms with E-state index >= 15 is 0 Å². The van der Waals surface area contributed by atoms with Crippen LogP contribution in [0.25, 0.3) is 5.65 Å². The van der Waals surface area contributed by atoms with Crippen LogP contribution in [0, 0.1) is 0 Å². The molecule has 0 aliphatic carbocycles. The predicted octanol–water partition coefficient (Wildman–Crippen LogP) is 3.39. The maximum absolute atomic E-state index is 11.1. The molecule has 0 bridgehead atoms. The first-order chi connectivity index (χ1) is 12.1. The van der Waals surface area contributed by atoms with E-state index in [0.717, 1.165) is 0 Å². The van der Waals surface area contributed by atoms with Crippen LogP contribution in [-0.4, -0.2) is 34.7 Å². The molecular weight excluding hydrogens is 324 g/mol. The van der Waals surface area contributed by atoms with Crippen molar-refractivity contribution in [1.29, 1.82) is 0 Å². The van der Waals surface area contributed by atoms with Gasteiger partial charge in [-0.3, -0.25) is 9.20 Å². The molecule has 128 valence electrons. The summed E-state index contributed by atoms with van der Waals surface area (Å²) in [5.41, 5.74) is 1.51. The number of hydrogen-bond donors (Lipinski definition) is 1. The lowest BCUT2D eigenvalue weighted by molar-refractivity contribution is -0.136. The number of hydrogen-bond acceptors (Lipinski definition) is 6. The third-order valence-electron chi connectivity index (χ3n) is 3.52. The van der Waals surface area contributed by atoms with Crippen molar-refractivity contribution in [3.05, 3.63) is 48.3 Å². The van der Waals surface area contributed by atoms with Gasteiger partial charge >= 0.3 is 5.97 Å². The molecule has 0 saturated carbocycles. The number of benzene rings is 1. The average Bonchev–Trinajstić information content (AvgIpc) is 2.96. The van der Waals surface area contributed by atoms with Gasteiger partial charge in [0.05, 0.1) is 32.0 Å². The van der Waals surface area contributed by atoms with Crippen LogP contribution in [0.4, 0.5) is 11.5 Å². The molecule has 8 heteroatoms. The van der Waals surface area contributed by atoms with Crippen molar-refractivity contribution < 1.29 is 19.4 Å². The van der Waals surface area contributed by atoms with Gasteiger partial charge in [-0.25, -0.2) is 4.98 Å². The van der Waals surface area contributed by atoms with Crippen LogP contribution in [0.15, 0.2) is 52.8 Å². The van der Waals surface area contributed by atoms with Gasteiger partial charge in [0, 0.05) is 12.3 Å². The number of methoxy groups -OCH3 is 2. The molecule has 0 saturated heterocycles. The number of azo groups is 1. The van der Waals surface area contributed by atoms with Gasteiger partial charge < -0.3 is 14.6 Å². The summed E-state index contributed by atoms with van der Waals surface area (Å²) in [6.07, 6.45) is 1.53. The number of ether oxygens (including phenoxy) is 2. The van der Waals surface area contributed by atoms with Crippen LogP contribution in [-0.2, 0) is 11.2 Å². The molecule has 3 aromatic rings. The molecule has 3 rings (SSSR count). The standard InChI is InChI=1S/C17H16N4O4/c1-24-13-7-6-11(9-14(13)25-2)19-20-17-12(10-16(22)23)18-15-5-3-4-8-21(15)17/h3-9H,10H2,1-2H3,(H,22,23). The van der Waals surface area contributed by atoms with Crippen LogP contribution in [0.5, 0.6) is 11.5 Å². The molecule has 25 heavy (non-hydrogen) atoms. The van der Waals surface area contributed by atoms with Crippen LogP contribution < -0.4 is 9.47 Å². The minimum Gasteiger partial charge on any atom is -0.493 e. The maximum Gasteiger partial charge on any atom is 0.309 e. The molecule has 0 spiro atoms. The highest BCUT2D eigenvalue weighted by atomic mass is 16.5. The van der Waals surface area contributed by atoms with Crippen molar-refractivity contribution in [2.75, 3.05) is 14.2 Å². The van der Waals surface area contributed by atoms with E-state index in [1.165, 1.54) is 7.11 Å². The number of nitrogens with zero attached hydrogens (tertiary/aromatic N) is 4. The van der Waals surface area contributed by atoms with Crippen molar-refractivity contribution in [2.45, 2.75) is 6.42 Å². The van der Waals surface area contributed by atoms with Gasteiger partial charge in [0.15, 0.2) is 17.3 Å². The second kappa shape index (κ2) is 7.00. The zero-order valence-corrected chi connectivity index (χ0v) is 13.7. The van der Waals surface area contributed by atoms with E-state index in [1.54, 1.807) is 42.0 Å². The molecule has 0 amide bonds. The summed E-state index contributed by atoms with van der Waals surface area (Å²) in [6, 6.07) is 10.5. The zero-order valence-electron chi connectivity index (χ0n) is 13.7. The lowest BCUT2D eigenvalue weighted by Crippen LogP contribution is -2.00. The largest absolute Gasteiger partial charge is 0.493 e. The number of pyridine rings is 1. The van der Waals surface area contributed by atoms with Crippen molar-refractivity contribution in [1.82, 2.24) is 9.38 Å². The third kappa shape index (κ3) is 3.42. The Morgan fingerprint density at radius 2 is 1.96 bits per heavy atom. The zero-order chi connectivity index (χ0) is 17.8. The van der Waals surface area contributed by atoms with Gasteiger partial charge in [0.1, 0.15) is 5.65 Å². The van der Waals surface area contributed by atoms with Crippen molar-refractivity contribution in [2.24, 2.45) is 10.2 Å². The van der Waals surface area contributed by atoms with Crippen LogP contribution in [0.3, 0.4) is 0 Å². The van der Waals surface area contributed by atoms with E-state index in [1.807, 2.05) is 12.1 Å². The van der Waals surface area contributed by atoms with Gasteiger partial charge in [-0.1, -0.05) is 6.07 Å². The number of carbonyl (C=O) groups is 1. The van der Waals surface area contributed by atoms with Crippen LogP contribution in [0.1, 0.15) is 5.69 Å². The highest BCUT2D eigenvalue weighted by Crippen LogP contribution is 2.32. The summed E-state index contributed by atoms with van der Waals surface area (Å²) >= 11 is 0. The second-order valence-electron chi connectivity index (χ2n) is 5.12. The Labute approximate surface area is 143 Å². The van der Waals surface area contributed by atoms with E-state index in [-0.39, 0.29) is 6.42 Å². The lowest BCUT2D eigenvalue weighted by atomic mass is 10.3. The average molecular weight is 340 g/mol. The predicted molar refractivity (Wildman–Crippen MR) is 90.3 cm³/mol. The Morgan fingerprint density at radius 1 is 1.16 bits per heavy atom. The summed E-state index contributed by atoms with van der Waals surface area (Å²) in [7, 11) is 3.09. The van der Waals surface area contributed by atoms with Gasteiger partial charge in [0.2, 0.25) is 0 Å². The topological polar surface area (TPSA) is 97.8 Å². The number of carboxylic acid groups (broad SMARTS) is 1. The molecule has 0 atom stereocenters. The Bertz CT molecular complexity index is 949. The van der Waals surface area contributed by atoms with Gasteiger partial charge in [-0.2, -0.15) is 0 Å². The Hall–Kier alpha value is -3.42. The molecule has 0 fully saturated rings. The number of imidazole rings is 1. The van der Waals surface area contributed by atoms with Crippen molar-refractivity contribution in [3.8, 4) is 11.5 Å². The molecule has 1 aromatic carbocycles. The number of aliphatic carboxylic acids is 1. The molecule has 8 nitrogen and oxygen atoms in total. The Balaban J connectivity index is 2.01. The highest BCUT2D eigenvalue weighted by Gasteiger charge is 2.14. The summed E-state index contributed by atoms with van der Waals surface area (Å²) in [5.74, 6) is 0.518. The Kier molecular flexibility index (Phi) is 4.60. The maximum atomic E-state index is 11.1.